The van der Waals surface area contributed by atoms with Crippen LogP contribution in [0.3, 0.4) is 0 Å². The van der Waals surface area contributed by atoms with Crippen molar-refractivity contribution in [2.45, 2.75) is 57.4 Å². The number of hydrogen-bond donors (Lipinski definition) is 1. The summed E-state index contributed by atoms with van der Waals surface area (Å²) < 4.78 is 5.75. The molecule has 1 heterocycles. The molecule has 1 aliphatic carbocycles. The Morgan fingerprint density at radius 1 is 1.19 bits per heavy atom. The molecule has 0 aliphatic heterocycles. The highest BCUT2D eigenvalue weighted by molar-refractivity contribution is 4.94. The highest BCUT2D eigenvalue weighted by Crippen LogP contribution is 2.31. The van der Waals surface area contributed by atoms with Gasteiger partial charge in [0.25, 0.3) is 0 Å². The summed E-state index contributed by atoms with van der Waals surface area (Å²) in [5.41, 5.74) is 0. The smallest absolute Gasteiger partial charge is 0.233 e. The minimum absolute atomic E-state index is 0.145. The van der Waals surface area contributed by atoms with Crippen LogP contribution in [0.4, 0.5) is 0 Å². The van der Waals surface area contributed by atoms with Gasteiger partial charge >= 0.3 is 0 Å². The molecular weight excluding hydrogens is 202 g/mol. The molecule has 1 aromatic heterocycles. The van der Waals surface area contributed by atoms with Gasteiger partial charge in [-0.25, -0.2) is 0 Å². The molecule has 1 unspecified atom stereocenters. The lowest BCUT2D eigenvalue weighted by Crippen LogP contribution is -2.12. The molecule has 0 radical (unpaired) electrons. The van der Waals surface area contributed by atoms with Crippen LogP contribution in [0.15, 0.2) is 4.42 Å². The molecule has 1 atom stereocenters. The van der Waals surface area contributed by atoms with Gasteiger partial charge < -0.3 is 9.73 Å². The Morgan fingerprint density at radius 3 is 2.50 bits per heavy atom. The maximum atomic E-state index is 5.75. The van der Waals surface area contributed by atoms with E-state index in [4.69, 9.17) is 4.42 Å². The van der Waals surface area contributed by atoms with E-state index in [1.807, 2.05) is 14.0 Å². The van der Waals surface area contributed by atoms with Crippen molar-refractivity contribution in [1.82, 2.24) is 15.5 Å². The molecule has 0 amide bonds. The predicted molar refractivity (Wildman–Crippen MR) is 62.2 cm³/mol. The van der Waals surface area contributed by atoms with Crippen molar-refractivity contribution in [3.63, 3.8) is 0 Å². The van der Waals surface area contributed by atoms with E-state index in [0.717, 1.165) is 5.89 Å². The number of nitrogens with zero attached hydrogens (tertiary/aromatic N) is 2. The number of aromatic nitrogens is 2. The van der Waals surface area contributed by atoms with Crippen molar-refractivity contribution in [3.8, 4) is 0 Å². The summed E-state index contributed by atoms with van der Waals surface area (Å²) >= 11 is 0. The Morgan fingerprint density at radius 2 is 1.88 bits per heavy atom. The van der Waals surface area contributed by atoms with E-state index in [1.165, 1.54) is 38.5 Å². The van der Waals surface area contributed by atoms with Gasteiger partial charge in [-0.1, -0.05) is 25.7 Å². The molecule has 90 valence electrons. The van der Waals surface area contributed by atoms with Gasteiger partial charge in [0.15, 0.2) is 0 Å². The molecule has 4 heteroatoms. The lowest BCUT2D eigenvalue weighted by molar-refractivity contribution is 0.369. The predicted octanol–water partition coefficient (Wildman–Crippen LogP) is 2.79. The van der Waals surface area contributed by atoms with E-state index in [2.05, 4.69) is 15.5 Å². The largest absolute Gasteiger partial charge is 0.423 e. The topological polar surface area (TPSA) is 51.0 Å². The molecule has 1 fully saturated rings. The molecule has 0 saturated heterocycles. The van der Waals surface area contributed by atoms with Gasteiger partial charge in [-0.3, -0.25) is 0 Å². The first-order valence-electron chi connectivity index (χ1n) is 6.32. The van der Waals surface area contributed by atoms with Gasteiger partial charge in [-0.05, 0) is 26.8 Å². The first-order chi connectivity index (χ1) is 7.81. The maximum absolute atomic E-state index is 5.75. The first kappa shape index (κ1) is 11.6. The third-order valence-corrected chi connectivity index (χ3v) is 3.46. The molecule has 2 rings (SSSR count). The van der Waals surface area contributed by atoms with Crippen molar-refractivity contribution in [2.75, 3.05) is 7.05 Å². The molecule has 1 saturated carbocycles. The Hall–Kier alpha value is -0.900. The zero-order valence-corrected chi connectivity index (χ0v) is 10.2. The summed E-state index contributed by atoms with van der Waals surface area (Å²) in [6.07, 6.45) is 7.70. The summed E-state index contributed by atoms with van der Waals surface area (Å²) in [4.78, 5) is 0. The second kappa shape index (κ2) is 5.43. The monoisotopic (exact) mass is 223 g/mol. The summed E-state index contributed by atoms with van der Waals surface area (Å²) in [5.74, 6) is 2.05. The minimum Gasteiger partial charge on any atom is -0.423 e. The van der Waals surface area contributed by atoms with E-state index in [1.54, 1.807) is 0 Å². The lowest BCUT2D eigenvalue weighted by Gasteiger charge is -2.08. The van der Waals surface area contributed by atoms with Crippen LogP contribution >= 0.6 is 0 Å². The Balaban J connectivity index is 2.05. The summed E-state index contributed by atoms with van der Waals surface area (Å²) in [6.45, 7) is 2.03. The number of rotatable bonds is 3. The Bertz CT molecular complexity index is 316. The molecule has 1 aliphatic rings. The number of nitrogens with one attached hydrogen (secondary N) is 1. The summed E-state index contributed by atoms with van der Waals surface area (Å²) in [5, 5.41) is 11.4. The van der Waals surface area contributed by atoms with E-state index >= 15 is 0 Å². The summed E-state index contributed by atoms with van der Waals surface area (Å²) in [6, 6.07) is 0.145. The van der Waals surface area contributed by atoms with Crippen molar-refractivity contribution in [3.05, 3.63) is 11.8 Å². The lowest BCUT2D eigenvalue weighted by atomic mass is 10.0. The highest BCUT2D eigenvalue weighted by Gasteiger charge is 2.21. The van der Waals surface area contributed by atoms with Gasteiger partial charge in [0.2, 0.25) is 11.8 Å². The van der Waals surface area contributed by atoms with E-state index in [-0.39, 0.29) is 6.04 Å². The SMILES string of the molecule is CNC(C)c1nnc(C2CCCCCC2)o1. The molecule has 1 aromatic rings. The second-order valence-corrected chi connectivity index (χ2v) is 4.68. The average Bonchev–Trinajstić information content (AvgIpc) is 2.64. The normalized spacial score (nSPS) is 20.6. The van der Waals surface area contributed by atoms with Gasteiger partial charge in [0, 0.05) is 5.92 Å². The molecule has 0 bridgehead atoms. The van der Waals surface area contributed by atoms with Crippen LogP contribution in [0.25, 0.3) is 0 Å². The van der Waals surface area contributed by atoms with Crippen LogP contribution in [-0.4, -0.2) is 17.2 Å². The summed E-state index contributed by atoms with van der Waals surface area (Å²) in [7, 11) is 1.90. The van der Waals surface area contributed by atoms with Gasteiger partial charge in [-0.15, -0.1) is 10.2 Å². The fourth-order valence-electron chi connectivity index (χ4n) is 2.24. The van der Waals surface area contributed by atoms with Crippen LogP contribution in [0, 0.1) is 0 Å². The van der Waals surface area contributed by atoms with Crippen LogP contribution in [0.5, 0.6) is 0 Å². The molecule has 0 aromatic carbocycles. The van der Waals surface area contributed by atoms with Crippen LogP contribution < -0.4 is 5.32 Å². The Labute approximate surface area is 96.8 Å². The minimum atomic E-state index is 0.145. The molecule has 1 N–H and O–H groups in total. The third-order valence-electron chi connectivity index (χ3n) is 3.46. The molecule has 0 spiro atoms. The Kier molecular flexibility index (Phi) is 3.93. The van der Waals surface area contributed by atoms with Crippen molar-refractivity contribution in [1.29, 1.82) is 0 Å². The fraction of sp³-hybridized carbons (Fsp3) is 0.833. The van der Waals surface area contributed by atoms with Crippen LogP contribution in [-0.2, 0) is 0 Å². The van der Waals surface area contributed by atoms with Crippen molar-refractivity contribution < 1.29 is 4.42 Å². The molecule has 4 nitrogen and oxygen atoms in total. The highest BCUT2D eigenvalue weighted by atomic mass is 16.4. The fourth-order valence-corrected chi connectivity index (χ4v) is 2.24. The van der Waals surface area contributed by atoms with Gasteiger partial charge in [0.05, 0.1) is 6.04 Å². The molecular formula is C12H21N3O. The maximum Gasteiger partial charge on any atom is 0.233 e. The van der Waals surface area contributed by atoms with E-state index in [0.29, 0.717) is 11.8 Å². The van der Waals surface area contributed by atoms with Crippen molar-refractivity contribution in [2.24, 2.45) is 0 Å². The zero-order chi connectivity index (χ0) is 11.4. The van der Waals surface area contributed by atoms with Gasteiger partial charge in [-0.2, -0.15) is 0 Å². The molecule has 16 heavy (non-hydrogen) atoms. The first-order valence-corrected chi connectivity index (χ1v) is 6.32. The standard InChI is InChI=1S/C12H21N3O/c1-9(13-2)11-14-15-12(16-11)10-7-5-3-4-6-8-10/h9-10,13H,3-8H2,1-2H3. The zero-order valence-electron chi connectivity index (χ0n) is 10.2. The van der Waals surface area contributed by atoms with E-state index < -0.39 is 0 Å². The van der Waals surface area contributed by atoms with E-state index in [9.17, 15) is 0 Å². The second-order valence-electron chi connectivity index (χ2n) is 4.68. The van der Waals surface area contributed by atoms with Gasteiger partial charge in [0.1, 0.15) is 0 Å². The van der Waals surface area contributed by atoms with Crippen molar-refractivity contribution >= 4 is 0 Å². The third kappa shape index (κ3) is 2.61. The average molecular weight is 223 g/mol. The quantitative estimate of drug-likeness (QED) is 0.800. The van der Waals surface area contributed by atoms with Crippen LogP contribution in [0.2, 0.25) is 0 Å². The number of hydrogen-bond acceptors (Lipinski definition) is 4. The van der Waals surface area contributed by atoms with Crippen LogP contribution in [0.1, 0.15) is 69.2 Å².